The van der Waals surface area contributed by atoms with E-state index in [0.717, 1.165) is 64.6 Å². The molecular weight excluding hydrogens is 342 g/mol. The van der Waals surface area contributed by atoms with Gasteiger partial charge in [-0.3, -0.25) is 14.7 Å². The summed E-state index contributed by atoms with van der Waals surface area (Å²) in [4.78, 5) is 18.6. The number of amides is 1. The van der Waals surface area contributed by atoms with Crippen LogP contribution >= 0.6 is 0 Å². The molecule has 1 amide bonds. The third kappa shape index (κ3) is 8.05. The van der Waals surface area contributed by atoms with Crippen LogP contribution in [0.5, 0.6) is 0 Å². The monoisotopic (exact) mass is 381 g/mol. The van der Waals surface area contributed by atoms with Crippen LogP contribution in [0.2, 0.25) is 0 Å². The summed E-state index contributed by atoms with van der Waals surface area (Å²) in [6.07, 6.45) is 6.04. The summed E-state index contributed by atoms with van der Waals surface area (Å²) in [6, 6.07) is 0.939. The van der Waals surface area contributed by atoms with Crippen LogP contribution in [0.15, 0.2) is 4.99 Å². The van der Waals surface area contributed by atoms with Gasteiger partial charge in [-0.15, -0.1) is 0 Å². The summed E-state index contributed by atoms with van der Waals surface area (Å²) in [7, 11) is 1.80. The van der Waals surface area contributed by atoms with Gasteiger partial charge in [0, 0.05) is 51.7 Å². The van der Waals surface area contributed by atoms with Crippen LogP contribution in [0.4, 0.5) is 0 Å². The van der Waals surface area contributed by atoms with Gasteiger partial charge in [-0.1, -0.05) is 26.7 Å². The van der Waals surface area contributed by atoms with Crippen molar-refractivity contribution in [1.82, 2.24) is 20.9 Å². The van der Waals surface area contributed by atoms with E-state index in [9.17, 15) is 4.79 Å². The molecule has 1 aliphatic heterocycles. The van der Waals surface area contributed by atoms with Crippen LogP contribution < -0.4 is 16.0 Å². The highest BCUT2D eigenvalue weighted by atomic mass is 16.5. The van der Waals surface area contributed by atoms with E-state index in [4.69, 9.17) is 4.74 Å². The van der Waals surface area contributed by atoms with Gasteiger partial charge in [0.15, 0.2) is 5.96 Å². The average Bonchev–Trinajstić information content (AvgIpc) is 3.51. The first-order valence-electron chi connectivity index (χ1n) is 10.7. The van der Waals surface area contributed by atoms with Gasteiger partial charge in [0.1, 0.15) is 0 Å². The zero-order valence-electron chi connectivity index (χ0n) is 17.4. The third-order valence-corrected chi connectivity index (χ3v) is 5.63. The minimum Gasteiger partial charge on any atom is -0.379 e. The molecule has 0 radical (unpaired) electrons. The molecule has 7 heteroatoms. The maximum atomic E-state index is 11.7. The molecule has 1 saturated carbocycles. The van der Waals surface area contributed by atoms with Crippen molar-refractivity contribution in [3.63, 3.8) is 0 Å². The molecule has 0 aromatic rings. The number of hydrogen-bond donors (Lipinski definition) is 3. The predicted molar refractivity (Wildman–Crippen MR) is 110 cm³/mol. The molecule has 0 bridgehead atoms. The van der Waals surface area contributed by atoms with Crippen LogP contribution in [0.25, 0.3) is 0 Å². The summed E-state index contributed by atoms with van der Waals surface area (Å²) in [6.45, 7) is 9.86. The lowest BCUT2D eigenvalue weighted by atomic mass is 9.92. The van der Waals surface area contributed by atoms with Crippen molar-refractivity contribution in [2.75, 3.05) is 46.4 Å². The van der Waals surface area contributed by atoms with E-state index >= 15 is 0 Å². The second-order valence-electron chi connectivity index (χ2n) is 7.62. The first-order valence-corrected chi connectivity index (χ1v) is 10.7. The number of ether oxygens (including phenoxy) is 1. The predicted octanol–water partition coefficient (Wildman–Crippen LogP) is 1.35. The van der Waals surface area contributed by atoms with Crippen molar-refractivity contribution in [2.45, 2.75) is 64.5 Å². The molecule has 156 valence electrons. The molecule has 0 spiro atoms. The fraction of sp³-hybridized carbons (Fsp3) is 0.900. The Kier molecular flexibility index (Phi) is 9.91. The van der Waals surface area contributed by atoms with Crippen molar-refractivity contribution in [1.29, 1.82) is 0 Å². The third-order valence-electron chi connectivity index (χ3n) is 5.63. The Morgan fingerprint density at radius 1 is 1.19 bits per heavy atom. The molecule has 2 fully saturated rings. The van der Waals surface area contributed by atoms with E-state index in [1.165, 1.54) is 12.8 Å². The standard InChI is InChI=1S/C20H39N5O2/c1-4-16(5-2)18(25-11-13-27-14-12-25)15-23-20(21-3)22-10-6-7-19(26)24-17-8-9-17/h16-18H,4-15H2,1-3H3,(H,24,26)(H2,21,22,23). The number of nitrogens with zero attached hydrogens (tertiary/aromatic N) is 2. The topological polar surface area (TPSA) is 78.0 Å². The average molecular weight is 382 g/mol. The molecular formula is C20H39N5O2. The molecule has 1 saturated heterocycles. The van der Waals surface area contributed by atoms with Crippen LogP contribution in [0.1, 0.15) is 52.4 Å². The van der Waals surface area contributed by atoms with E-state index in [1.807, 2.05) is 0 Å². The second-order valence-corrected chi connectivity index (χ2v) is 7.62. The van der Waals surface area contributed by atoms with Gasteiger partial charge in [-0.25, -0.2) is 0 Å². The van der Waals surface area contributed by atoms with E-state index in [0.29, 0.717) is 24.4 Å². The SMILES string of the molecule is CCC(CC)C(CNC(=NC)NCCCC(=O)NC1CC1)N1CCOCC1. The molecule has 2 rings (SSSR count). The summed E-state index contributed by atoms with van der Waals surface area (Å²) >= 11 is 0. The highest BCUT2D eigenvalue weighted by Gasteiger charge is 2.27. The minimum atomic E-state index is 0.170. The number of morpholine rings is 1. The van der Waals surface area contributed by atoms with Crippen molar-refractivity contribution < 1.29 is 9.53 Å². The molecule has 1 unspecified atom stereocenters. The molecule has 1 atom stereocenters. The molecule has 0 aromatic carbocycles. The van der Waals surface area contributed by atoms with E-state index in [2.05, 4.69) is 39.7 Å². The number of aliphatic imine (C=N–C) groups is 1. The molecule has 27 heavy (non-hydrogen) atoms. The fourth-order valence-electron chi connectivity index (χ4n) is 3.74. The molecule has 0 aromatic heterocycles. The summed E-state index contributed by atoms with van der Waals surface area (Å²) < 4.78 is 5.53. The second kappa shape index (κ2) is 12.2. The summed E-state index contributed by atoms with van der Waals surface area (Å²) in [5, 5.41) is 9.87. The summed E-state index contributed by atoms with van der Waals surface area (Å²) in [5.41, 5.74) is 0. The number of nitrogens with one attached hydrogen (secondary N) is 3. The Bertz CT molecular complexity index is 457. The Hall–Kier alpha value is -1.34. The maximum Gasteiger partial charge on any atom is 0.220 e. The van der Waals surface area contributed by atoms with Crippen LogP contribution in [-0.4, -0.2) is 75.3 Å². The number of rotatable bonds is 11. The van der Waals surface area contributed by atoms with Crippen molar-refractivity contribution >= 4 is 11.9 Å². The fourth-order valence-corrected chi connectivity index (χ4v) is 3.74. The quantitative estimate of drug-likeness (QED) is 0.286. The smallest absolute Gasteiger partial charge is 0.220 e. The summed E-state index contributed by atoms with van der Waals surface area (Å²) in [5.74, 6) is 1.66. The Labute approximate surface area is 164 Å². The van der Waals surface area contributed by atoms with Gasteiger partial charge in [-0.2, -0.15) is 0 Å². The van der Waals surface area contributed by atoms with Gasteiger partial charge in [0.2, 0.25) is 5.91 Å². The van der Waals surface area contributed by atoms with Gasteiger partial charge in [0.25, 0.3) is 0 Å². The first kappa shape index (κ1) is 22.0. The van der Waals surface area contributed by atoms with Gasteiger partial charge in [0.05, 0.1) is 13.2 Å². The van der Waals surface area contributed by atoms with Crippen molar-refractivity contribution in [2.24, 2.45) is 10.9 Å². The minimum absolute atomic E-state index is 0.170. The van der Waals surface area contributed by atoms with E-state index in [1.54, 1.807) is 7.05 Å². The largest absolute Gasteiger partial charge is 0.379 e. The van der Waals surface area contributed by atoms with Crippen LogP contribution in [0, 0.1) is 5.92 Å². The number of hydrogen-bond acceptors (Lipinski definition) is 4. The molecule has 3 N–H and O–H groups in total. The van der Waals surface area contributed by atoms with E-state index < -0.39 is 0 Å². The molecule has 2 aliphatic rings. The lowest BCUT2D eigenvalue weighted by Gasteiger charge is -2.39. The van der Waals surface area contributed by atoms with E-state index in [-0.39, 0.29) is 5.91 Å². The number of carbonyl (C=O) groups excluding carboxylic acids is 1. The Morgan fingerprint density at radius 2 is 1.89 bits per heavy atom. The highest BCUT2D eigenvalue weighted by molar-refractivity contribution is 5.80. The molecule has 7 nitrogen and oxygen atoms in total. The number of carbonyl (C=O) groups is 1. The van der Waals surface area contributed by atoms with Gasteiger partial charge < -0.3 is 20.7 Å². The zero-order chi connectivity index (χ0) is 19.5. The van der Waals surface area contributed by atoms with Crippen molar-refractivity contribution in [3.8, 4) is 0 Å². The number of guanidine groups is 1. The normalized spacial score (nSPS) is 19.8. The van der Waals surface area contributed by atoms with Crippen molar-refractivity contribution in [3.05, 3.63) is 0 Å². The molecule has 1 heterocycles. The highest BCUT2D eigenvalue weighted by Crippen LogP contribution is 2.20. The van der Waals surface area contributed by atoms with Crippen LogP contribution in [0.3, 0.4) is 0 Å². The van der Waals surface area contributed by atoms with Gasteiger partial charge >= 0.3 is 0 Å². The zero-order valence-corrected chi connectivity index (χ0v) is 17.4. The lowest BCUT2D eigenvalue weighted by molar-refractivity contribution is -0.121. The Balaban J connectivity index is 1.72. The maximum absolute atomic E-state index is 11.7. The lowest BCUT2D eigenvalue weighted by Crippen LogP contribution is -2.53. The molecule has 1 aliphatic carbocycles. The van der Waals surface area contributed by atoms with Gasteiger partial charge in [-0.05, 0) is 25.2 Å². The first-order chi connectivity index (χ1) is 13.2. The van der Waals surface area contributed by atoms with Crippen LogP contribution in [-0.2, 0) is 9.53 Å². The Morgan fingerprint density at radius 3 is 2.48 bits per heavy atom.